The molecular formula is C20H42Sn. The Morgan fingerprint density at radius 1 is 0.381 bits per heavy atom. The zero-order valence-electron chi connectivity index (χ0n) is 15.2. The summed E-state index contributed by atoms with van der Waals surface area (Å²) in [6, 6.07) is 0. The van der Waals surface area contributed by atoms with E-state index in [1.54, 1.807) is 21.7 Å². The summed E-state index contributed by atoms with van der Waals surface area (Å²) in [7, 11) is 0. The van der Waals surface area contributed by atoms with Crippen LogP contribution in [-0.4, -0.2) is 21.1 Å². The van der Waals surface area contributed by atoms with Crippen LogP contribution >= 0.6 is 0 Å². The Bertz CT molecular complexity index is 149. The zero-order valence-corrected chi connectivity index (χ0v) is 18.1. The Morgan fingerprint density at radius 2 is 0.667 bits per heavy atom. The van der Waals surface area contributed by atoms with E-state index in [4.69, 9.17) is 0 Å². The molecule has 0 aromatic rings. The van der Waals surface area contributed by atoms with Gasteiger partial charge >= 0.3 is 147 Å². The van der Waals surface area contributed by atoms with E-state index >= 15 is 0 Å². The molecule has 0 aromatic heterocycles. The van der Waals surface area contributed by atoms with E-state index < -0.39 is 0 Å². The molecule has 0 atom stereocenters. The van der Waals surface area contributed by atoms with Crippen LogP contribution in [0.2, 0.25) is 8.87 Å². The first-order valence-electron chi connectivity index (χ1n) is 10.1. The summed E-state index contributed by atoms with van der Waals surface area (Å²) in [4.78, 5) is 0. The van der Waals surface area contributed by atoms with Gasteiger partial charge < -0.3 is 0 Å². The molecule has 0 aliphatic carbocycles. The predicted molar refractivity (Wildman–Crippen MR) is 101 cm³/mol. The second kappa shape index (κ2) is 20.8. The molecule has 0 heterocycles. The summed E-state index contributed by atoms with van der Waals surface area (Å²) in [5.74, 6) is 0. The second-order valence-corrected chi connectivity index (χ2v) is 11.0. The first-order chi connectivity index (χ1) is 10.4. The van der Waals surface area contributed by atoms with Crippen LogP contribution in [0.25, 0.3) is 0 Å². The first-order valence-corrected chi connectivity index (χ1v) is 14.2. The topological polar surface area (TPSA) is 0 Å². The van der Waals surface area contributed by atoms with Gasteiger partial charge in [0.1, 0.15) is 0 Å². The number of hydrogen-bond acceptors (Lipinski definition) is 0. The Morgan fingerprint density at radius 3 is 1.00 bits per heavy atom. The molecule has 0 fully saturated rings. The first kappa shape index (κ1) is 21.8. The van der Waals surface area contributed by atoms with Crippen molar-refractivity contribution in [1.82, 2.24) is 0 Å². The van der Waals surface area contributed by atoms with Crippen molar-refractivity contribution in [1.29, 1.82) is 0 Å². The molecule has 0 saturated heterocycles. The van der Waals surface area contributed by atoms with E-state index in [1.165, 1.54) is 89.9 Å². The molecule has 21 heavy (non-hydrogen) atoms. The number of hydrogen-bond donors (Lipinski definition) is 0. The summed E-state index contributed by atoms with van der Waals surface area (Å²) in [6.45, 7) is 4.61. The van der Waals surface area contributed by atoms with Gasteiger partial charge in [-0.05, 0) is 0 Å². The maximum absolute atomic E-state index is 2.30. The van der Waals surface area contributed by atoms with Crippen LogP contribution in [0.4, 0.5) is 0 Å². The van der Waals surface area contributed by atoms with Crippen molar-refractivity contribution in [3.8, 4) is 0 Å². The third-order valence-electron chi connectivity index (χ3n) is 4.41. The molecule has 126 valence electrons. The van der Waals surface area contributed by atoms with Gasteiger partial charge in [-0.3, -0.25) is 0 Å². The molecule has 0 unspecified atom stereocenters. The summed E-state index contributed by atoms with van der Waals surface area (Å²) in [5, 5.41) is 0. The Kier molecular flexibility index (Phi) is 21.6. The number of rotatable bonds is 18. The van der Waals surface area contributed by atoms with Crippen LogP contribution in [0.1, 0.15) is 117 Å². The minimum absolute atomic E-state index is 0.0528. The van der Waals surface area contributed by atoms with Crippen LogP contribution in [0.15, 0.2) is 0 Å². The van der Waals surface area contributed by atoms with E-state index in [9.17, 15) is 0 Å². The second-order valence-electron chi connectivity index (χ2n) is 6.70. The normalized spacial score (nSPS) is 11.1. The molecule has 1 heteroatoms. The van der Waals surface area contributed by atoms with Crippen LogP contribution in [0, 0.1) is 0 Å². The average Bonchev–Trinajstić information content (AvgIpc) is 2.50. The summed E-state index contributed by atoms with van der Waals surface area (Å²) in [5.41, 5.74) is 0. The Balaban J connectivity index is 2.90. The van der Waals surface area contributed by atoms with Gasteiger partial charge in [-0.2, -0.15) is 0 Å². The van der Waals surface area contributed by atoms with Gasteiger partial charge in [0.05, 0.1) is 0 Å². The van der Waals surface area contributed by atoms with Gasteiger partial charge in [0.2, 0.25) is 0 Å². The van der Waals surface area contributed by atoms with Gasteiger partial charge in [0.25, 0.3) is 0 Å². The van der Waals surface area contributed by atoms with E-state index in [0.29, 0.717) is 0 Å². The molecule has 0 bridgehead atoms. The van der Waals surface area contributed by atoms with Gasteiger partial charge in [0.15, 0.2) is 0 Å². The third-order valence-corrected chi connectivity index (χ3v) is 8.45. The van der Waals surface area contributed by atoms with Crippen molar-refractivity contribution in [2.45, 2.75) is 125 Å². The van der Waals surface area contributed by atoms with Crippen molar-refractivity contribution in [3.05, 3.63) is 0 Å². The molecule has 0 aliphatic heterocycles. The monoisotopic (exact) mass is 402 g/mol. The summed E-state index contributed by atoms with van der Waals surface area (Å²) >= 11 is 0.0528. The van der Waals surface area contributed by atoms with Crippen molar-refractivity contribution < 1.29 is 0 Å². The summed E-state index contributed by atoms with van der Waals surface area (Å²) < 4.78 is 3.32. The fourth-order valence-corrected chi connectivity index (χ4v) is 6.46. The minimum atomic E-state index is 0.0528. The molecule has 2 radical (unpaired) electrons. The molecule has 0 saturated carbocycles. The summed E-state index contributed by atoms with van der Waals surface area (Å²) in [6.07, 6.45) is 23.8. The predicted octanol–water partition coefficient (Wildman–Crippen LogP) is 7.81. The Labute approximate surface area is 146 Å². The van der Waals surface area contributed by atoms with Crippen molar-refractivity contribution in [3.63, 3.8) is 0 Å². The molecule has 0 aromatic carbocycles. The van der Waals surface area contributed by atoms with Crippen LogP contribution in [-0.2, 0) is 0 Å². The molecule has 0 rings (SSSR count). The quantitative estimate of drug-likeness (QED) is 0.162. The SMILES string of the molecule is CCCCCCCCC[CH2][Sn][CH2]CCCCCCCCC. The van der Waals surface area contributed by atoms with Gasteiger partial charge in [-0.25, -0.2) is 0 Å². The zero-order chi connectivity index (χ0) is 15.4. The van der Waals surface area contributed by atoms with Crippen LogP contribution in [0.5, 0.6) is 0 Å². The van der Waals surface area contributed by atoms with Crippen LogP contribution in [0.3, 0.4) is 0 Å². The molecule has 0 nitrogen and oxygen atoms in total. The van der Waals surface area contributed by atoms with Gasteiger partial charge in [-0.15, -0.1) is 0 Å². The van der Waals surface area contributed by atoms with Crippen molar-refractivity contribution in [2.75, 3.05) is 0 Å². The van der Waals surface area contributed by atoms with Gasteiger partial charge in [-0.1, -0.05) is 0 Å². The van der Waals surface area contributed by atoms with E-state index in [0.717, 1.165) is 0 Å². The molecule has 0 spiro atoms. The van der Waals surface area contributed by atoms with Crippen molar-refractivity contribution in [2.24, 2.45) is 0 Å². The number of unbranched alkanes of at least 4 members (excludes halogenated alkanes) is 14. The van der Waals surface area contributed by atoms with Gasteiger partial charge in [0, 0.05) is 0 Å². The van der Waals surface area contributed by atoms with E-state index in [1.807, 2.05) is 0 Å². The van der Waals surface area contributed by atoms with E-state index in [-0.39, 0.29) is 21.1 Å². The maximum atomic E-state index is 2.30. The average molecular weight is 401 g/mol. The molecule has 0 N–H and O–H groups in total. The molecule has 0 aliphatic rings. The van der Waals surface area contributed by atoms with Crippen LogP contribution < -0.4 is 0 Å². The molecule has 0 amide bonds. The third kappa shape index (κ3) is 20.8. The fraction of sp³-hybridized carbons (Fsp3) is 1.00. The standard InChI is InChI=1S/2C10H21.Sn/c2*1-3-5-7-9-10-8-6-4-2;/h2*1,3-10H2,2H3;. The van der Waals surface area contributed by atoms with Crippen molar-refractivity contribution >= 4 is 21.1 Å². The molecular weight excluding hydrogens is 359 g/mol. The fourth-order valence-electron chi connectivity index (χ4n) is 2.89. The Hall–Kier alpha value is 0.799. The van der Waals surface area contributed by atoms with E-state index in [2.05, 4.69) is 13.8 Å².